The molecule has 1 aliphatic rings. The Morgan fingerprint density at radius 1 is 1.24 bits per heavy atom. The number of hydrogen-bond donors (Lipinski definition) is 0. The molecule has 0 unspecified atom stereocenters. The van der Waals surface area contributed by atoms with Gasteiger partial charge < -0.3 is 4.74 Å². The Morgan fingerprint density at radius 3 is 2.60 bits per heavy atom. The average Bonchev–Trinajstić information content (AvgIpc) is 2.53. The lowest BCUT2D eigenvalue weighted by Gasteiger charge is -2.27. The largest absolute Gasteiger partial charge is 0.451 e. The summed E-state index contributed by atoms with van der Waals surface area (Å²) in [6.07, 6.45) is 2.54. The Morgan fingerprint density at radius 2 is 1.96 bits per heavy atom. The van der Waals surface area contributed by atoms with E-state index < -0.39 is 21.4 Å². The highest BCUT2D eigenvalue weighted by molar-refractivity contribution is 7.92. The standard InChI is InChI=1S/C16H16FN3O4S/c1-10-6-12(17)4-5-13(10)24-14-7-11-8-18-9-20(25(3,22)23)15(11)19(2)16(14)21/h4-8H,9H2,1-3H3. The lowest BCUT2D eigenvalue weighted by atomic mass is 10.2. The molecule has 9 heteroatoms. The van der Waals surface area contributed by atoms with Crippen LogP contribution >= 0.6 is 0 Å². The van der Waals surface area contributed by atoms with Gasteiger partial charge in [0.25, 0.3) is 5.56 Å². The number of aryl methyl sites for hydroxylation is 1. The Balaban J connectivity index is 2.12. The molecule has 1 aliphatic heterocycles. The first kappa shape index (κ1) is 17.2. The summed E-state index contributed by atoms with van der Waals surface area (Å²) in [6, 6.07) is 5.39. The molecule has 132 valence electrons. The predicted molar refractivity (Wildman–Crippen MR) is 92.7 cm³/mol. The fraction of sp³-hybridized carbons (Fsp3) is 0.250. The van der Waals surface area contributed by atoms with Crippen LogP contribution < -0.4 is 14.6 Å². The van der Waals surface area contributed by atoms with Crippen molar-refractivity contribution >= 4 is 22.1 Å². The number of halogens is 1. The van der Waals surface area contributed by atoms with E-state index in [1.54, 1.807) is 6.92 Å². The number of aromatic nitrogens is 1. The summed E-state index contributed by atoms with van der Waals surface area (Å²) in [4.78, 5) is 16.6. The van der Waals surface area contributed by atoms with Gasteiger partial charge in [-0.05, 0) is 36.8 Å². The maximum Gasteiger partial charge on any atom is 0.294 e. The number of ether oxygens (including phenoxy) is 1. The number of aliphatic imine (C=N–C) groups is 1. The van der Waals surface area contributed by atoms with E-state index in [1.807, 2.05) is 0 Å². The van der Waals surface area contributed by atoms with Crippen LogP contribution in [0.1, 0.15) is 11.1 Å². The maximum absolute atomic E-state index is 13.2. The molecule has 0 saturated heterocycles. The second kappa shape index (κ2) is 5.99. The van der Waals surface area contributed by atoms with Gasteiger partial charge in [0.05, 0.1) is 6.26 Å². The SMILES string of the molecule is Cc1cc(F)ccc1Oc1cc2c(n(C)c1=O)N(S(C)(=O)=O)CN=C2. The summed E-state index contributed by atoms with van der Waals surface area (Å²) in [6.45, 7) is 1.57. The smallest absolute Gasteiger partial charge is 0.294 e. The Kier molecular flexibility index (Phi) is 4.11. The van der Waals surface area contributed by atoms with Crippen LogP contribution in [0.15, 0.2) is 34.1 Å². The van der Waals surface area contributed by atoms with E-state index in [-0.39, 0.29) is 18.2 Å². The van der Waals surface area contributed by atoms with Gasteiger partial charge in [-0.3, -0.25) is 14.4 Å². The van der Waals surface area contributed by atoms with Crippen LogP contribution in [0.25, 0.3) is 0 Å². The molecule has 0 bridgehead atoms. The minimum atomic E-state index is -3.58. The van der Waals surface area contributed by atoms with Gasteiger partial charge in [-0.25, -0.2) is 17.1 Å². The second-order valence-electron chi connectivity index (χ2n) is 5.73. The normalized spacial score (nSPS) is 13.7. The highest BCUT2D eigenvalue weighted by Crippen LogP contribution is 2.29. The first-order chi connectivity index (χ1) is 11.7. The minimum absolute atomic E-state index is 0.00207. The maximum atomic E-state index is 13.2. The molecule has 2 aromatic rings. The lowest BCUT2D eigenvalue weighted by Crippen LogP contribution is -2.38. The molecule has 0 spiro atoms. The van der Waals surface area contributed by atoms with Crippen LogP contribution in [0.3, 0.4) is 0 Å². The summed E-state index contributed by atoms with van der Waals surface area (Å²) in [5, 5.41) is 0. The fourth-order valence-corrected chi connectivity index (χ4v) is 3.41. The zero-order valence-corrected chi connectivity index (χ0v) is 14.7. The van der Waals surface area contributed by atoms with Gasteiger partial charge in [0.1, 0.15) is 24.1 Å². The molecule has 0 fully saturated rings. The van der Waals surface area contributed by atoms with Crippen molar-refractivity contribution in [3.63, 3.8) is 0 Å². The third-order valence-corrected chi connectivity index (χ3v) is 4.90. The van der Waals surface area contributed by atoms with Gasteiger partial charge in [-0.2, -0.15) is 0 Å². The van der Waals surface area contributed by atoms with Crippen molar-refractivity contribution in [2.24, 2.45) is 12.0 Å². The highest BCUT2D eigenvalue weighted by atomic mass is 32.2. The summed E-state index contributed by atoms with van der Waals surface area (Å²) in [7, 11) is -2.12. The molecular formula is C16H16FN3O4S. The van der Waals surface area contributed by atoms with Crippen molar-refractivity contribution in [2.75, 3.05) is 17.2 Å². The first-order valence-corrected chi connectivity index (χ1v) is 9.19. The van der Waals surface area contributed by atoms with E-state index in [0.717, 1.165) is 10.6 Å². The molecule has 0 amide bonds. The topological polar surface area (TPSA) is 81.0 Å². The number of rotatable bonds is 3. The molecule has 1 aromatic heterocycles. The van der Waals surface area contributed by atoms with E-state index >= 15 is 0 Å². The summed E-state index contributed by atoms with van der Waals surface area (Å²) >= 11 is 0. The third kappa shape index (κ3) is 3.14. The van der Waals surface area contributed by atoms with Crippen molar-refractivity contribution in [3.8, 4) is 11.5 Å². The van der Waals surface area contributed by atoms with Crippen molar-refractivity contribution < 1.29 is 17.5 Å². The van der Waals surface area contributed by atoms with E-state index in [0.29, 0.717) is 16.9 Å². The number of anilines is 1. The zero-order chi connectivity index (χ0) is 18.4. The summed E-state index contributed by atoms with van der Waals surface area (Å²) in [5.41, 5.74) is 0.464. The lowest BCUT2D eigenvalue weighted by molar-refractivity contribution is 0.464. The molecule has 0 aliphatic carbocycles. The van der Waals surface area contributed by atoms with Crippen LogP contribution in [0, 0.1) is 12.7 Å². The van der Waals surface area contributed by atoms with Crippen LogP contribution in [-0.2, 0) is 17.1 Å². The molecule has 0 N–H and O–H groups in total. The van der Waals surface area contributed by atoms with E-state index in [1.165, 1.54) is 42.1 Å². The van der Waals surface area contributed by atoms with Crippen LogP contribution in [-0.4, -0.2) is 32.1 Å². The van der Waals surface area contributed by atoms with Crippen molar-refractivity contribution in [1.29, 1.82) is 0 Å². The quantitative estimate of drug-likeness (QED) is 0.830. The van der Waals surface area contributed by atoms with Crippen LogP contribution in [0.5, 0.6) is 11.5 Å². The minimum Gasteiger partial charge on any atom is -0.451 e. The molecule has 2 heterocycles. The number of pyridine rings is 1. The van der Waals surface area contributed by atoms with Gasteiger partial charge in [-0.15, -0.1) is 0 Å². The molecule has 0 radical (unpaired) electrons. The number of sulfonamides is 1. The number of benzene rings is 1. The number of fused-ring (bicyclic) bond motifs is 1. The molecular weight excluding hydrogens is 349 g/mol. The van der Waals surface area contributed by atoms with E-state index in [4.69, 9.17) is 4.74 Å². The van der Waals surface area contributed by atoms with Gasteiger partial charge in [0.15, 0.2) is 5.75 Å². The Labute approximate surface area is 144 Å². The molecule has 1 aromatic carbocycles. The number of nitrogens with zero attached hydrogens (tertiary/aromatic N) is 3. The summed E-state index contributed by atoms with van der Waals surface area (Å²) in [5.74, 6) is 0.161. The van der Waals surface area contributed by atoms with E-state index in [2.05, 4.69) is 4.99 Å². The van der Waals surface area contributed by atoms with Crippen LogP contribution in [0.2, 0.25) is 0 Å². The zero-order valence-electron chi connectivity index (χ0n) is 13.9. The highest BCUT2D eigenvalue weighted by Gasteiger charge is 2.27. The third-order valence-electron chi connectivity index (χ3n) is 3.81. The van der Waals surface area contributed by atoms with Gasteiger partial charge in [0, 0.05) is 18.8 Å². The van der Waals surface area contributed by atoms with Crippen LogP contribution in [0.4, 0.5) is 10.2 Å². The summed E-state index contributed by atoms with van der Waals surface area (Å²) < 4.78 is 45.0. The van der Waals surface area contributed by atoms with Gasteiger partial charge in [-0.1, -0.05) is 0 Å². The predicted octanol–water partition coefficient (Wildman–Crippen LogP) is 1.78. The molecule has 3 rings (SSSR count). The van der Waals surface area contributed by atoms with Crippen molar-refractivity contribution in [1.82, 2.24) is 4.57 Å². The molecule has 25 heavy (non-hydrogen) atoms. The Bertz CT molecular complexity index is 1040. The van der Waals surface area contributed by atoms with Crippen molar-refractivity contribution in [2.45, 2.75) is 6.92 Å². The Hall–Kier alpha value is -2.68. The monoisotopic (exact) mass is 365 g/mol. The van der Waals surface area contributed by atoms with Gasteiger partial charge >= 0.3 is 0 Å². The second-order valence-corrected chi connectivity index (χ2v) is 7.64. The average molecular weight is 365 g/mol. The molecule has 7 nitrogen and oxygen atoms in total. The first-order valence-electron chi connectivity index (χ1n) is 7.34. The van der Waals surface area contributed by atoms with Gasteiger partial charge in [0.2, 0.25) is 10.0 Å². The van der Waals surface area contributed by atoms with Crippen molar-refractivity contribution in [3.05, 3.63) is 51.6 Å². The van der Waals surface area contributed by atoms with E-state index in [9.17, 15) is 17.6 Å². The fourth-order valence-electron chi connectivity index (χ4n) is 2.59. The molecule has 0 atom stereocenters. The number of hydrogen-bond acceptors (Lipinski definition) is 5. The molecule has 0 saturated carbocycles.